The van der Waals surface area contributed by atoms with Crippen molar-refractivity contribution in [1.82, 2.24) is 4.90 Å². The highest BCUT2D eigenvalue weighted by Crippen LogP contribution is 2.32. The van der Waals surface area contributed by atoms with E-state index in [1.165, 1.54) is 0 Å². The minimum absolute atomic E-state index is 0.266. The molecule has 2 fully saturated rings. The van der Waals surface area contributed by atoms with Crippen molar-refractivity contribution < 1.29 is 29.3 Å². The van der Waals surface area contributed by atoms with Crippen molar-refractivity contribution in [1.29, 1.82) is 0 Å². The number of aliphatic carboxylic acids is 2. The molecule has 0 aromatic carbocycles. The Hall–Kier alpha value is -1.79. The van der Waals surface area contributed by atoms with E-state index >= 15 is 0 Å². The normalized spacial score (nSPS) is 28.4. The third-order valence-electron chi connectivity index (χ3n) is 6.00. The van der Waals surface area contributed by atoms with E-state index in [0.717, 1.165) is 25.7 Å². The Morgan fingerprint density at radius 3 is 1.43 bits per heavy atom. The van der Waals surface area contributed by atoms with Gasteiger partial charge in [-0.3, -0.25) is 9.59 Å². The van der Waals surface area contributed by atoms with Crippen LogP contribution >= 0.6 is 0 Å². The summed E-state index contributed by atoms with van der Waals surface area (Å²) in [7, 11) is 0. The average Bonchev–Trinajstić information content (AvgIpc) is 2.60. The van der Waals surface area contributed by atoms with E-state index < -0.39 is 17.5 Å². The van der Waals surface area contributed by atoms with E-state index in [1.54, 1.807) is 4.90 Å². The molecule has 0 aromatic heterocycles. The van der Waals surface area contributed by atoms with Crippen molar-refractivity contribution in [2.24, 2.45) is 23.7 Å². The molecule has 0 spiro atoms. The van der Waals surface area contributed by atoms with Crippen molar-refractivity contribution in [3.8, 4) is 0 Å². The fourth-order valence-electron chi connectivity index (χ4n) is 4.36. The van der Waals surface area contributed by atoms with Crippen LogP contribution in [0.25, 0.3) is 0 Å². The van der Waals surface area contributed by atoms with Crippen LogP contribution in [0.15, 0.2) is 0 Å². The molecule has 7 heteroatoms. The predicted molar refractivity (Wildman–Crippen MR) is 104 cm³/mol. The van der Waals surface area contributed by atoms with Gasteiger partial charge in [0.05, 0.1) is 11.8 Å². The molecule has 2 N–H and O–H groups in total. The third kappa shape index (κ3) is 6.99. The Morgan fingerprint density at radius 1 is 0.786 bits per heavy atom. The van der Waals surface area contributed by atoms with E-state index in [-0.39, 0.29) is 17.9 Å². The zero-order valence-corrected chi connectivity index (χ0v) is 17.4. The lowest BCUT2D eigenvalue weighted by Gasteiger charge is -2.36. The van der Waals surface area contributed by atoms with Gasteiger partial charge in [-0.2, -0.15) is 0 Å². The molecule has 2 aliphatic rings. The van der Waals surface area contributed by atoms with Gasteiger partial charge in [-0.05, 0) is 84.0 Å². The van der Waals surface area contributed by atoms with E-state index in [0.29, 0.717) is 50.6 Å². The highest BCUT2D eigenvalue weighted by molar-refractivity contribution is 5.70. The number of carbonyl (C=O) groups excluding carboxylic acids is 1. The largest absolute Gasteiger partial charge is 0.481 e. The summed E-state index contributed by atoms with van der Waals surface area (Å²) in [6.45, 7) is 6.71. The number of ether oxygens (including phenoxy) is 1. The molecule has 0 aliphatic heterocycles. The van der Waals surface area contributed by atoms with Crippen LogP contribution in [0.1, 0.15) is 72.1 Å². The van der Waals surface area contributed by atoms with Crippen molar-refractivity contribution >= 4 is 18.0 Å². The molecule has 2 saturated carbocycles. The maximum atomic E-state index is 12.8. The van der Waals surface area contributed by atoms with Gasteiger partial charge in [-0.1, -0.05) is 0 Å². The molecule has 2 rings (SSSR count). The number of carboxylic acids is 2. The molecule has 0 heterocycles. The zero-order valence-electron chi connectivity index (χ0n) is 17.4. The number of nitrogens with zero attached hydrogens (tertiary/aromatic N) is 1. The second-order valence-electron chi connectivity index (χ2n) is 9.50. The van der Waals surface area contributed by atoms with Crippen LogP contribution in [-0.2, 0) is 14.3 Å². The van der Waals surface area contributed by atoms with Crippen LogP contribution < -0.4 is 0 Å². The average molecular weight is 398 g/mol. The van der Waals surface area contributed by atoms with Crippen LogP contribution in [0.5, 0.6) is 0 Å². The molecule has 0 bridgehead atoms. The standard InChI is InChI=1S/C21H35NO6/c1-21(2,3)28-20(27)22(12-14-4-8-16(9-5-14)18(23)24)13-15-6-10-17(11-7-15)19(25)26/h14-17H,4-13H2,1-3H3,(H,23,24)(H,25,26). The number of carbonyl (C=O) groups is 3. The van der Waals surface area contributed by atoms with Gasteiger partial charge in [0.15, 0.2) is 0 Å². The smallest absolute Gasteiger partial charge is 0.410 e. The highest BCUT2D eigenvalue weighted by atomic mass is 16.6. The van der Waals surface area contributed by atoms with E-state index in [2.05, 4.69) is 0 Å². The van der Waals surface area contributed by atoms with Gasteiger partial charge in [0.1, 0.15) is 5.60 Å². The number of amides is 1. The van der Waals surface area contributed by atoms with Gasteiger partial charge in [-0.15, -0.1) is 0 Å². The fraction of sp³-hybridized carbons (Fsp3) is 0.857. The summed E-state index contributed by atoms with van der Waals surface area (Å²) in [5.41, 5.74) is -0.572. The van der Waals surface area contributed by atoms with Gasteiger partial charge < -0.3 is 19.8 Å². The minimum atomic E-state index is -0.724. The first-order valence-electron chi connectivity index (χ1n) is 10.5. The molecule has 28 heavy (non-hydrogen) atoms. The van der Waals surface area contributed by atoms with Gasteiger partial charge >= 0.3 is 18.0 Å². The number of hydrogen-bond donors (Lipinski definition) is 2. The van der Waals surface area contributed by atoms with E-state index in [4.69, 9.17) is 4.74 Å². The van der Waals surface area contributed by atoms with E-state index in [1.807, 2.05) is 20.8 Å². The molecule has 0 saturated heterocycles. The maximum absolute atomic E-state index is 12.8. The summed E-state index contributed by atoms with van der Waals surface area (Å²) in [5.74, 6) is -1.40. The highest BCUT2D eigenvalue weighted by Gasteiger charge is 2.33. The van der Waals surface area contributed by atoms with Gasteiger partial charge in [0.25, 0.3) is 0 Å². The van der Waals surface area contributed by atoms with Crippen LogP contribution in [0.2, 0.25) is 0 Å². The van der Waals surface area contributed by atoms with Crippen molar-refractivity contribution in [3.05, 3.63) is 0 Å². The predicted octanol–water partition coefficient (Wildman–Crippen LogP) is 4.01. The SMILES string of the molecule is CC(C)(C)OC(=O)N(CC1CCC(C(=O)O)CC1)CC1CCC(C(=O)O)CC1. The Labute approximate surface area is 167 Å². The van der Waals surface area contributed by atoms with Gasteiger partial charge in [0, 0.05) is 13.1 Å². The van der Waals surface area contributed by atoms with E-state index in [9.17, 15) is 24.6 Å². The van der Waals surface area contributed by atoms with Crippen LogP contribution in [0.4, 0.5) is 4.79 Å². The molecule has 0 aromatic rings. The maximum Gasteiger partial charge on any atom is 0.410 e. The summed E-state index contributed by atoms with van der Waals surface area (Å²) in [6, 6.07) is 0. The first-order valence-corrected chi connectivity index (χ1v) is 10.5. The van der Waals surface area contributed by atoms with Gasteiger partial charge in [-0.25, -0.2) is 4.79 Å². The van der Waals surface area contributed by atoms with Crippen LogP contribution in [0.3, 0.4) is 0 Å². The molecule has 0 radical (unpaired) electrons. The van der Waals surface area contributed by atoms with Crippen molar-refractivity contribution in [3.63, 3.8) is 0 Å². The Bertz CT molecular complexity index is 518. The number of carboxylic acid groups (broad SMARTS) is 2. The third-order valence-corrected chi connectivity index (χ3v) is 6.00. The molecule has 0 atom stereocenters. The lowest BCUT2D eigenvalue weighted by Crippen LogP contribution is -2.43. The topological polar surface area (TPSA) is 104 Å². The molecule has 2 aliphatic carbocycles. The lowest BCUT2D eigenvalue weighted by molar-refractivity contribution is -0.144. The summed E-state index contributed by atoms with van der Waals surface area (Å²) in [4.78, 5) is 36.9. The number of rotatable bonds is 6. The second kappa shape index (κ2) is 9.61. The summed E-state index contributed by atoms with van der Waals surface area (Å²) in [5, 5.41) is 18.3. The zero-order chi connectivity index (χ0) is 20.9. The first kappa shape index (κ1) is 22.5. The molecule has 7 nitrogen and oxygen atoms in total. The molecular weight excluding hydrogens is 362 g/mol. The first-order chi connectivity index (χ1) is 13.0. The van der Waals surface area contributed by atoms with Crippen molar-refractivity contribution in [2.45, 2.75) is 77.7 Å². The fourth-order valence-corrected chi connectivity index (χ4v) is 4.36. The van der Waals surface area contributed by atoms with Crippen molar-refractivity contribution in [2.75, 3.05) is 13.1 Å². The summed E-state index contributed by atoms with van der Waals surface area (Å²) in [6.07, 6.45) is 5.54. The Balaban J connectivity index is 1.95. The molecular formula is C21H35NO6. The van der Waals surface area contributed by atoms with Gasteiger partial charge in [0.2, 0.25) is 0 Å². The minimum Gasteiger partial charge on any atom is -0.481 e. The summed E-state index contributed by atoms with van der Waals surface area (Å²) < 4.78 is 5.60. The summed E-state index contributed by atoms with van der Waals surface area (Å²) >= 11 is 0. The molecule has 0 unspecified atom stereocenters. The number of hydrogen-bond acceptors (Lipinski definition) is 4. The second-order valence-corrected chi connectivity index (χ2v) is 9.50. The molecule has 160 valence electrons. The Morgan fingerprint density at radius 2 is 1.14 bits per heavy atom. The van der Waals surface area contributed by atoms with Crippen LogP contribution in [-0.4, -0.2) is 51.8 Å². The quantitative estimate of drug-likeness (QED) is 0.702. The molecule has 1 amide bonds. The monoisotopic (exact) mass is 397 g/mol. The lowest BCUT2D eigenvalue weighted by atomic mass is 9.80. The Kier molecular flexibility index (Phi) is 7.72. The van der Waals surface area contributed by atoms with Crippen LogP contribution in [0, 0.1) is 23.7 Å².